The number of hydrogen-bond donors (Lipinski definition) is 2. The molecular weight excluding hydrogens is 240 g/mol. The third kappa shape index (κ3) is 3.20. The molecule has 0 spiro atoms. The predicted molar refractivity (Wildman–Crippen MR) is 65.2 cm³/mol. The summed E-state index contributed by atoms with van der Waals surface area (Å²) in [6, 6.07) is 0. The minimum Gasteiger partial charge on any atom is -0.393 e. The molecule has 1 rings (SSSR count). The summed E-state index contributed by atoms with van der Waals surface area (Å²) in [7, 11) is 2.96. The Morgan fingerprint density at radius 3 is 2.78 bits per heavy atom. The number of nitrogens with one attached hydrogen (secondary N) is 1. The molecule has 1 amide bonds. The van der Waals surface area contributed by atoms with Crippen LogP contribution in [0.1, 0.15) is 0 Å². The van der Waals surface area contributed by atoms with Gasteiger partial charge in [-0.1, -0.05) is 0 Å². The minimum atomic E-state index is -0.667. The lowest BCUT2D eigenvalue weighted by Crippen LogP contribution is -2.44. The Hall–Kier alpha value is -2.09. The van der Waals surface area contributed by atoms with Gasteiger partial charge in [-0.05, 0) is 0 Å². The highest BCUT2D eigenvalue weighted by Gasteiger charge is 2.10. The van der Waals surface area contributed by atoms with Gasteiger partial charge in [-0.15, -0.1) is 0 Å². The van der Waals surface area contributed by atoms with E-state index in [2.05, 4.69) is 5.32 Å². The molecule has 0 saturated heterocycles. The second-order valence-electron chi connectivity index (χ2n) is 3.71. The first-order valence-corrected chi connectivity index (χ1v) is 5.29. The number of carbonyl (C=O) groups is 1. The predicted octanol–water partition coefficient (Wildman–Crippen LogP) is -2.11. The number of ether oxygens (including phenoxy) is 1. The summed E-state index contributed by atoms with van der Waals surface area (Å²) >= 11 is 0. The first kappa shape index (κ1) is 14.0. The number of rotatable bonds is 5. The highest BCUT2D eigenvalue weighted by atomic mass is 16.5. The quantitative estimate of drug-likeness (QED) is 0.586. The number of aryl methyl sites for hydroxylation is 1. The molecule has 1 heterocycles. The Kier molecular flexibility index (Phi) is 4.67. The number of hydrogen-bond acceptors (Lipinski definition) is 5. The average molecular weight is 256 g/mol. The molecule has 0 saturated carbocycles. The Bertz CT molecular complexity index is 512. The van der Waals surface area contributed by atoms with Crippen LogP contribution in [-0.2, 0) is 23.1 Å². The molecule has 0 aliphatic heterocycles. The SMILES string of the molecule is COCCNC(=O)Cn1c(=O)c(N)cn(C)c1=O. The zero-order chi connectivity index (χ0) is 13.7. The summed E-state index contributed by atoms with van der Waals surface area (Å²) in [5.74, 6) is -0.447. The van der Waals surface area contributed by atoms with Gasteiger partial charge in [0.2, 0.25) is 5.91 Å². The van der Waals surface area contributed by atoms with Gasteiger partial charge in [-0.25, -0.2) is 9.36 Å². The van der Waals surface area contributed by atoms with E-state index in [0.717, 1.165) is 9.13 Å². The van der Waals surface area contributed by atoms with E-state index < -0.39 is 17.2 Å². The largest absolute Gasteiger partial charge is 0.393 e. The number of aromatic nitrogens is 2. The number of nitrogens with two attached hydrogens (primary N) is 1. The van der Waals surface area contributed by atoms with Crippen molar-refractivity contribution in [3.8, 4) is 0 Å². The minimum absolute atomic E-state index is 0.0817. The van der Waals surface area contributed by atoms with E-state index in [-0.39, 0.29) is 12.2 Å². The van der Waals surface area contributed by atoms with Crippen LogP contribution in [0.4, 0.5) is 5.69 Å². The summed E-state index contributed by atoms with van der Waals surface area (Å²) < 4.78 is 6.70. The van der Waals surface area contributed by atoms with Crippen LogP contribution in [0.15, 0.2) is 15.8 Å². The molecule has 100 valence electrons. The van der Waals surface area contributed by atoms with Crippen LogP contribution < -0.4 is 22.3 Å². The zero-order valence-corrected chi connectivity index (χ0v) is 10.3. The standard InChI is InChI=1S/C10H16N4O4/c1-13-5-7(11)9(16)14(10(13)17)6-8(15)12-3-4-18-2/h5H,3-4,6,11H2,1-2H3,(H,12,15). The van der Waals surface area contributed by atoms with Gasteiger partial charge in [-0.3, -0.25) is 9.59 Å². The fourth-order valence-electron chi connectivity index (χ4n) is 1.38. The van der Waals surface area contributed by atoms with Gasteiger partial charge in [0.1, 0.15) is 12.2 Å². The zero-order valence-electron chi connectivity index (χ0n) is 10.3. The maximum absolute atomic E-state index is 11.7. The Labute approximate surface area is 103 Å². The van der Waals surface area contributed by atoms with E-state index >= 15 is 0 Å². The van der Waals surface area contributed by atoms with Gasteiger partial charge in [0.25, 0.3) is 5.56 Å². The second-order valence-corrected chi connectivity index (χ2v) is 3.71. The van der Waals surface area contributed by atoms with Crippen molar-refractivity contribution in [1.29, 1.82) is 0 Å². The molecule has 8 nitrogen and oxygen atoms in total. The number of anilines is 1. The molecule has 1 aromatic heterocycles. The number of methoxy groups -OCH3 is 1. The molecular formula is C10H16N4O4. The molecule has 0 atom stereocenters. The van der Waals surface area contributed by atoms with Crippen molar-refractivity contribution in [2.75, 3.05) is 26.0 Å². The first-order valence-electron chi connectivity index (χ1n) is 5.29. The van der Waals surface area contributed by atoms with Gasteiger partial charge in [0, 0.05) is 26.9 Å². The van der Waals surface area contributed by atoms with Crippen molar-refractivity contribution in [2.45, 2.75) is 6.54 Å². The molecule has 0 radical (unpaired) electrons. The van der Waals surface area contributed by atoms with E-state index in [1.54, 1.807) is 0 Å². The topological polar surface area (TPSA) is 108 Å². The maximum atomic E-state index is 11.7. The van der Waals surface area contributed by atoms with E-state index in [0.29, 0.717) is 13.2 Å². The normalized spacial score (nSPS) is 10.3. The number of amides is 1. The van der Waals surface area contributed by atoms with Gasteiger partial charge >= 0.3 is 5.69 Å². The highest BCUT2D eigenvalue weighted by molar-refractivity contribution is 5.75. The monoisotopic (exact) mass is 256 g/mol. The van der Waals surface area contributed by atoms with Gasteiger partial charge < -0.3 is 20.4 Å². The smallest absolute Gasteiger partial charge is 0.331 e. The number of nitrogens with zero attached hydrogens (tertiary/aromatic N) is 2. The second kappa shape index (κ2) is 6.01. The molecule has 1 aromatic rings. The lowest BCUT2D eigenvalue weighted by molar-refractivity contribution is -0.121. The van der Waals surface area contributed by atoms with E-state index in [4.69, 9.17) is 10.5 Å². The van der Waals surface area contributed by atoms with Crippen LogP contribution in [0.2, 0.25) is 0 Å². The Morgan fingerprint density at radius 1 is 1.50 bits per heavy atom. The summed E-state index contributed by atoms with van der Waals surface area (Å²) in [6.45, 7) is 0.308. The molecule has 0 aromatic carbocycles. The molecule has 3 N–H and O–H groups in total. The molecule has 0 unspecified atom stereocenters. The molecule has 18 heavy (non-hydrogen) atoms. The Morgan fingerprint density at radius 2 is 2.17 bits per heavy atom. The van der Waals surface area contributed by atoms with Crippen LogP contribution in [0.3, 0.4) is 0 Å². The third-order valence-electron chi connectivity index (χ3n) is 2.29. The van der Waals surface area contributed by atoms with Crippen LogP contribution in [0, 0.1) is 0 Å². The molecule has 0 aliphatic rings. The van der Waals surface area contributed by atoms with Gasteiger partial charge in [-0.2, -0.15) is 0 Å². The highest BCUT2D eigenvalue weighted by Crippen LogP contribution is 1.87. The molecule has 0 fully saturated rings. The molecule has 0 aliphatic carbocycles. The van der Waals surface area contributed by atoms with Crippen LogP contribution >= 0.6 is 0 Å². The van der Waals surface area contributed by atoms with Crippen LogP contribution in [-0.4, -0.2) is 35.3 Å². The number of carbonyl (C=O) groups excluding carboxylic acids is 1. The van der Waals surface area contributed by atoms with Crippen LogP contribution in [0.25, 0.3) is 0 Å². The lowest BCUT2D eigenvalue weighted by Gasteiger charge is -2.08. The number of nitrogen functional groups attached to an aromatic ring is 1. The van der Waals surface area contributed by atoms with Gasteiger partial charge in [0.15, 0.2) is 0 Å². The van der Waals surface area contributed by atoms with Crippen molar-refractivity contribution in [1.82, 2.24) is 14.5 Å². The summed E-state index contributed by atoms with van der Waals surface area (Å²) in [6.07, 6.45) is 1.23. The van der Waals surface area contributed by atoms with Gasteiger partial charge in [0.05, 0.1) is 6.61 Å². The molecule has 0 bridgehead atoms. The summed E-state index contributed by atoms with van der Waals surface area (Å²) in [5.41, 5.74) is 4.11. The average Bonchev–Trinajstić information content (AvgIpc) is 2.32. The van der Waals surface area contributed by atoms with E-state index in [1.807, 2.05) is 0 Å². The summed E-state index contributed by atoms with van der Waals surface area (Å²) in [5, 5.41) is 2.51. The Balaban J connectivity index is 2.88. The fraction of sp³-hybridized carbons (Fsp3) is 0.500. The molecule has 8 heteroatoms. The van der Waals surface area contributed by atoms with Crippen molar-refractivity contribution >= 4 is 11.6 Å². The summed E-state index contributed by atoms with van der Waals surface area (Å²) in [4.78, 5) is 34.8. The van der Waals surface area contributed by atoms with Crippen LogP contribution in [0.5, 0.6) is 0 Å². The van der Waals surface area contributed by atoms with E-state index in [1.165, 1.54) is 20.4 Å². The first-order chi connectivity index (χ1) is 8.47. The van der Waals surface area contributed by atoms with Crippen molar-refractivity contribution in [2.24, 2.45) is 7.05 Å². The van der Waals surface area contributed by atoms with E-state index in [9.17, 15) is 14.4 Å². The fourth-order valence-corrected chi connectivity index (χ4v) is 1.38. The lowest BCUT2D eigenvalue weighted by atomic mass is 10.4. The maximum Gasteiger partial charge on any atom is 0.331 e. The van der Waals surface area contributed by atoms with Crippen molar-refractivity contribution in [3.05, 3.63) is 27.0 Å². The third-order valence-corrected chi connectivity index (χ3v) is 2.29. The van der Waals surface area contributed by atoms with Crippen molar-refractivity contribution in [3.63, 3.8) is 0 Å². The van der Waals surface area contributed by atoms with Crippen molar-refractivity contribution < 1.29 is 9.53 Å².